The average molecular weight is 463 g/mol. The summed E-state index contributed by atoms with van der Waals surface area (Å²) in [7, 11) is 0. The van der Waals surface area contributed by atoms with Crippen LogP contribution in [0.15, 0.2) is 60.7 Å². The number of allylic oxidation sites excluding steroid dienone is 2. The Bertz CT molecular complexity index is 1180. The van der Waals surface area contributed by atoms with Gasteiger partial charge in [-0.2, -0.15) is 5.01 Å². The van der Waals surface area contributed by atoms with E-state index in [2.05, 4.69) is 0 Å². The monoisotopic (exact) mass is 462 g/mol. The Balaban J connectivity index is 1.56. The lowest BCUT2D eigenvalue weighted by Crippen LogP contribution is -2.57. The van der Waals surface area contributed by atoms with E-state index in [-0.39, 0.29) is 28.2 Å². The predicted molar refractivity (Wildman–Crippen MR) is 122 cm³/mol. The number of ketones is 1. The van der Waals surface area contributed by atoms with E-state index in [1.54, 1.807) is 49.4 Å². The van der Waals surface area contributed by atoms with Crippen LogP contribution in [0.25, 0.3) is 0 Å². The van der Waals surface area contributed by atoms with Gasteiger partial charge in [0, 0.05) is 5.56 Å². The van der Waals surface area contributed by atoms with Crippen LogP contribution in [0.3, 0.4) is 0 Å². The quantitative estimate of drug-likeness (QED) is 0.381. The Morgan fingerprint density at radius 2 is 1.55 bits per heavy atom. The van der Waals surface area contributed by atoms with Crippen LogP contribution < -0.4 is 0 Å². The number of aryl methyl sites for hydroxylation is 1. The molecule has 3 amide bonds. The van der Waals surface area contributed by atoms with Crippen molar-refractivity contribution in [1.82, 2.24) is 10.0 Å². The van der Waals surface area contributed by atoms with Crippen LogP contribution in [0.5, 0.6) is 0 Å². The third kappa shape index (κ3) is 3.32. The SMILES string of the molecule is Cc1ccc(C(=O)[C@@H](C)N(C(=O)c2ccccc2Cl)N2C(=O)[C@@H]3[C@H](C2=O)[C@H]2C=C[C@H]3C2)cc1. The number of imide groups is 1. The van der Waals surface area contributed by atoms with Crippen molar-refractivity contribution in [1.29, 1.82) is 0 Å². The topological polar surface area (TPSA) is 74.8 Å². The van der Waals surface area contributed by atoms with E-state index in [0.29, 0.717) is 5.56 Å². The van der Waals surface area contributed by atoms with Gasteiger partial charge in [-0.15, -0.1) is 0 Å². The summed E-state index contributed by atoms with van der Waals surface area (Å²) in [5.74, 6) is -2.88. The minimum absolute atomic E-state index is 0.0122. The van der Waals surface area contributed by atoms with Gasteiger partial charge >= 0.3 is 0 Å². The van der Waals surface area contributed by atoms with Crippen molar-refractivity contribution >= 4 is 35.1 Å². The number of rotatable bonds is 5. The first-order chi connectivity index (χ1) is 15.8. The highest BCUT2D eigenvalue weighted by molar-refractivity contribution is 6.34. The Hall–Kier alpha value is -3.25. The van der Waals surface area contributed by atoms with Crippen molar-refractivity contribution in [3.05, 3.63) is 82.4 Å². The molecule has 5 atom stereocenters. The largest absolute Gasteiger partial charge is 0.292 e. The lowest BCUT2D eigenvalue weighted by Gasteiger charge is -2.35. The molecule has 7 heteroatoms. The molecule has 1 saturated heterocycles. The van der Waals surface area contributed by atoms with Crippen molar-refractivity contribution in [3.63, 3.8) is 0 Å². The molecule has 2 bridgehead atoms. The van der Waals surface area contributed by atoms with Gasteiger partial charge in [0.25, 0.3) is 17.7 Å². The predicted octanol–water partition coefficient (Wildman–Crippen LogP) is 4.08. The summed E-state index contributed by atoms with van der Waals surface area (Å²) in [5.41, 5.74) is 1.51. The number of nitrogens with zero attached hydrogens (tertiary/aromatic N) is 2. The van der Waals surface area contributed by atoms with Crippen LogP contribution in [0.4, 0.5) is 0 Å². The van der Waals surface area contributed by atoms with E-state index >= 15 is 0 Å². The van der Waals surface area contributed by atoms with E-state index in [4.69, 9.17) is 11.6 Å². The second kappa shape index (κ2) is 7.96. The first-order valence-corrected chi connectivity index (χ1v) is 11.4. The molecule has 6 nitrogen and oxygen atoms in total. The highest BCUT2D eigenvalue weighted by atomic mass is 35.5. The van der Waals surface area contributed by atoms with Gasteiger partial charge in [-0.1, -0.05) is 65.7 Å². The molecular weight excluding hydrogens is 440 g/mol. The summed E-state index contributed by atoms with van der Waals surface area (Å²) in [4.78, 5) is 54.1. The van der Waals surface area contributed by atoms with Gasteiger partial charge in [-0.05, 0) is 44.2 Å². The van der Waals surface area contributed by atoms with Crippen molar-refractivity contribution in [2.45, 2.75) is 26.3 Å². The maximum atomic E-state index is 13.7. The van der Waals surface area contributed by atoms with Crippen molar-refractivity contribution in [2.24, 2.45) is 23.7 Å². The zero-order valence-corrected chi connectivity index (χ0v) is 19.0. The summed E-state index contributed by atoms with van der Waals surface area (Å²) in [5, 5.41) is 2.12. The molecule has 0 aromatic heterocycles. The van der Waals surface area contributed by atoms with Crippen molar-refractivity contribution in [3.8, 4) is 0 Å². The molecule has 1 aliphatic heterocycles. The van der Waals surface area contributed by atoms with Gasteiger partial charge in [0.2, 0.25) is 0 Å². The third-order valence-electron chi connectivity index (χ3n) is 7.06. The van der Waals surface area contributed by atoms with E-state index in [1.807, 2.05) is 19.1 Å². The fraction of sp³-hybridized carbons (Fsp3) is 0.308. The molecule has 1 heterocycles. The molecule has 2 fully saturated rings. The molecule has 1 saturated carbocycles. The first kappa shape index (κ1) is 21.6. The number of halogens is 1. The molecule has 2 aromatic carbocycles. The molecule has 2 aromatic rings. The molecule has 0 N–H and O–H groups in total. The van der Waals surface area contributed by atoms with Crippen LogP contribution in [0.2, 0.25) is 5.02 Å². The van der Waals surface area contributed by atoms with Crippen LogP contribution in [-0.4, -0.2) is 39.6 Å². The highest BCUT2D eigenvalue weighted by Crippen LogP contribution is 2.53. The molecule has 5 rings (SSSR count). The van der Waals surface area contributed by atoms with Gasteiger partial charge in [0.1, 0.15) is 6.04 Å². The summed E-state index contributed by atoms with van der Waals surface area (Å²) < 4.78 is 0. The van der Waals surface area contributed by atoms with E-state index in [0.717, 1.165) is 22.0 Å². The summed E-state index contributed by atoms with van der Waals surface area (Å²) >= 11 is 6.28. The number of hydrogen-bond acceptors (Lipinski definition) is 4. The third-order valence-corrected chi connectivity index (χ3v) is 7.39. The number of carbonyl (C=O) groups is 4. The van der Waals surface area contributed by atoms with E-state index in [1.165, 1.54) is 6.07 Å². The van der Waals surface area contributed by atoms with Gasteiger partial charge in [0.15, 0.2) is 5.78 Å². The lowest BCUT2D eigenvalue weighted by molar-refractivity contribution is -0.157. The molecule has 33 heavy (non-hydrogen) atoms. The number of carbonyl (C=O) groups excluding carboxylic acids is 4. The second-order valence-electron chi connectivity index (χ2n) is 9.02. The Morgan fingerprint density at radius 3 is 2.12 bits per heavy atom. The lowest BCUT2D eigenvalue weighted by atomic mass is 9.85. The normalized spacial score (nSPS) is 26.0. The molecule has 168 valence electrons. The Morgan fingerprint density at radius 1 is 0.970 bits per heavy atom. The number of amides is 3. The highest BCUT2D eigenvalue weighted by Gasteiger charge is 2.61. The Kier molecular flexibility index (Phi) is 5.20. The van der Waals surface area contributed by atoms with Crippen LogP contribution >= 0.6 is 11.6 Å². The summed E-state index contributed by atoms with van der Waals surface area (Å²) in [6.45, 7) is 3.45. The Labute approximate surface area is 196 Å². The van der Waals surface area contributed by atoms with Gasteiger partial charge in [-0.25, -0.2) is 5.01 Å². The van der Waals surface area contributed by atoms with E-state index < -0.39 is 35.6 Å². The smallest absolute Gasteiger partial charge is 0.275 e. The zero-order valence-electron chi connectivity index (χ0n) is 18.3. The number of Topliss-reactive ketones (excluding diaryl/α,β-unsaturated/α-hetero) is 1. The maximum absolute atomic E-state index is 13.7. The van der Waals surface area contributed by atoms with Crippen LogP contribution in [0, 0.1) is 30.6 Å². The maximum Gasteiger partial charge on any atom is 0.275 e. The fourth-order valence-corrected chi connectivity index (χ4v) is 5.58. The molecule has 0 spiro atoms. The molecule has 2 aliphatic carbocycles. The summed E-state index contributed by atoms with van der Waals surface area (Å²) in [6.07, 6.45) is 4.75. The van der Waals surface area contributed by atoms with Crippen molar-refractivity contribution in [2.75, 3.05) is 0 Å². The van der Waals surface area contributed by atoms with Crippen LogP contribution in [-0.2, 0) is 9.59 Å². The minimum atomic E-state index is -1.09. The summed E-state index contributed by atoms with van der Waals surface area (Å²) in [6, 6.07) is 12.3. The molecule has 0 radical (unpaired) electrons. The number of hydrazine groups is 1. The van der Waals surface area contributed by atoms with E-state index in [9.17, 15) is 19.2 Å². The molecular formula is C26H23ClN2O4. The second-order valence-corrected chi connectivity index (χ2v) is 9.43. The first-order valence-electron chi connectivity index (χ1n) is 11.0. The minimum Gasteiger partial charge on any atom is -0.292 e. The average Bonchev–Trinajstić information content (AvgIpc) is 3.49. The van der Waals surface area contributed by atoms with Gasteiger partial charge in [0.05, 0.1) is 22.4 Å². The molecule has 3 aliphatic rings. The standard InChI is InChI=1S/C26H23ClN2O4/c1-14-7-9-16(10-8-14)23(30)15(2)28(24(31)19-5-3-4-6-20(19)27)29-25(32)21-17-11-12-18(13-17)22(21)26(29)33/h3-12,15,17-18,21-22H,13H2,1-2H3/t15-,17+,18+,21-,22+/m1/s1. The number of fused-ring (bicyclic) bond motifs is 5. The van der Waals surface area contributed by atoms with Gasteiger partial charge in [-0.3, -0.25) is 19.2 Å². The number of hydrogen-bond donors (Lipinski definition) is 0. The number of benzene rings is 2. The van der Waals surface area contributed by atoms with Crippen molar-refractivity contribution < 1.29 is 19.2 Å². The van der Waals surface area contributed by atoms with Gasteiger partial charge < -0.3 is 0 Å². The van der Waals surface area contributed by atoms with Crippen LogP contribution in [0.1, 0.15) is 39.6 Å². The zero-order chi connectivity index (χ0) is 23.4. The molecule has 0 unspecified atom stereocenters. The fourth-order valence-electron chi connectivity index (χ4n) is 5.37.